The van der Waals surface area contributed by atoms with Crippen LogP contribution in [0.1, 0.15) is 26.5 Å². The first-order valence-corrected chi connectivity index (χ1v) is 7.21. The quantitative estimate of drug-likeness (QED) is 0.857. The Hall–Kier alpha value is -0.650. The highest BCUT2D eigenvalue weighted by Crippen LogP contribution is 2.27. The first kappa shape index (κ1) is 14.4. The molecule has 1 aromatic rings. The molecule has 0 aliphatic carbocycles. The first-order chi connectivity index (χ1) is 7.60. The molecule has 1 unspecified atom stereocenters. The van der Waals surface area contributed by atoms with Crippen molar-refractivity contribution in [1.82, 2.24) is 4.98 Å². The van der Waals surface area contributed by atoms with Crippen molar-refractivity contribution < 1.29 is 8.42 Å². The van der Waals surface area contributed by atoms with Crippen LogP contribution in [0.5, 0.6) is 0 Å². The monoisotopic (exact) mass is 276 g/mol. The Morgan fingerprint density at radius 3 is 2.35 bits per heavy atom. The van der Waals surface area contributed by atoms with Gasteiger partial charge in [0.1, 0.15) is 4.90 Å². The summed E-state index contributed by atoms with van der Waals surface area (Å²) in [4.78, 5) is 4.07. The van der Waals surface area contributed by atoms with Crippen molar-refractivity contribution in [3.8, 4) is 0 Å². The Morgan fingerprint density at radius 1 is 1.41 bits per heavy atom. The molecule has 2 N–H and O–H groups in total. The molecular weight excluding hydrogens is 260 g/mol. The van der Waals surface area contributed by atoms with Gasteiger partial charge in [0.25, 0.3) is 0 Å². The molecule has 1 atom stereocenters. The third kappa shape index (κ3) is 4.26. The summed E-state index contributed by atoms with van der Waals surface area (Å²) in [5, 5.41) is 4.92. The molecule has 0 aliphatic heterocycles. The van der Waals surface area contributed by atoms with E-state index in [0.717, 1.165) is 5.69 Å². The molecule has 0 amide bonds. The zero-order valence-electron chi connectivity index (χ0n) is 10.1. The lowest BCUT2D eigenvalue weighted by atomic mass is 9.89. The molecule has 0 fully saturated rings. The van der Waals surface area contributed by atoms with Crippen molar-refractivity contribution in [1.29, 1.82) is 0 Å². The zero-order valence-corrected chi connectivity index (χ0v) is 11.7. The molecule has 1 rings (SSSR count). The number of primary sulfonamides is 1. The number of nitrogens with zero attached hydrogens (tertiary/aromatic N) is 1. The van der Waals surface area contributed by atoms with Crippen molar-refractivity contribution in [2.24, 2.45) is 10.6 Å². The van der Waals surface area contributed by atoms with Crippen molar-refractivity contribution >= 4 is 21.6 Å². The largest absolute Gasteiger partial charge is 0.260 e. The molecule has 0 aromatic carbocycles. The lowest BCUT2D eigenvalue weighted by Crippen LogP contribution is -2.23. The molecule has 0 spiro atoms. The minimum absolute atomic E-state index is 0.0168. The number of halogens is 1. The molecule has 96 valence electrons. The Morgan fingerprint density at radius 2 is 2.00 bits per heavy atom. The molecule has 6 heteroatoms. The van der Waals surface area contributed by atoms with E-state index >= 15 is 0 Å². The van der Waals surface area contributed by atoms with Gasteiger partial charge in [0.2, 0.25) is 10.0 Å². The molecular formula is C11H17ClN2O2S. The normalized spacial score (nSPS) is 14.6. The van der Waals surface area contributed by atoms with Crippen LogP contribution in [0, 0.1) is 5.41 Å². The van der Waals surface area contributed by atoms with E-state index in [2.05, 4.69) is 4.98 Å². The van der Waals surface area contributed by atoms with Crippen LogP contribution in [-0.4, -0.2) is 18.8 Å². The standard InChI is InChI=1S/C11H17ClN2O2S/c1-11(2,3)10(12)6-8-4-5-9(7-14-8)17(13,15)16/h4-5,7,10H,6H2,1-3H3,(H2,13,15,16). The summed E-state index contributed by atoms with van der Waals surface area (Å²) in [5.74, 6) is 0. The molecule has 0 bridgehead atoms. The Balaban J connectivity index is 2.83. The molecule has 17 heavy (non-hydrogen) atoms. The van der Waals surface area contributed by atoms with E-state index in [-0.39, 0.29) is 15.7 Å². The van der Waals surface area contributed by atoms with Crippen molar-refractivity contribution in [2.45, 2.75) is 37.5 Å². The van der Waals surface area contributed by atoms with Gasteiger partial charge in [-0.25, -0.2) is 13.6 Å². The minimum atomic E-state index is -3.67. The van der Waals surface area contributed by atoms with Crippen LogP contribution >= 0.6 is 11.6 Å². The van der Waals surface area contributed by atoms with Crippen LogP contribution in [0.2, 0.25) is 0 Å². The second-order valence-electron chi connectivity index (χ2n) is 5.07. The highest BCUT2D eigenvalue weighted by Gasteiger charge is 2.23. The number of sulfonamides is 1. The second kappa shape index (κ2) is 4.92. The number of hydrogen-bond acceptors (Lipinski definition) is 3. The predicted molar refractivity (Wildman–Crippen MR) is 68.4 cm³/mol. The van der Waals surface area contributed by atoms with Crippen LogP contribution in [0.3, 0.4) is 0 Å². The van der Waals surface area contributed by atoms with Crippen LogP contribution < -0.4 is 5.14 Å². The average Bonchev–Trinajstić information content (AvgIpc) is 2.15. The smallest absolute Gasteiger partial charge is 0.239 e. The van der Waals surface area contributed by atoms with E-state index in [4.69, 9.17) is 16.7 Å². The summed E-state index contributed by atoms with van der Waals surface area (Å²) in [7, 11) is -3.67. The van der Waals surface area contributed by atoms with E-state index in [9.17, 15) is 8.42 Å². The fourth-order valence-electron chi connectivity index (χ4n) is 1.19. The van der Waals surface area contributed by atoms with Gasteiger partial charge in [0.15, 0.2) is 0 Å². The van der Waals surface area contributed by atoms with E-state index in [1.807, 2.05) is 20.8 Å². The van der Waals surface area contributed by atoms with Crippen LogP contribution in [-0.2, 0) is 16.4 Å². The predicted octanol–water partition coefficient (Wildman–Crippen LogP) is 1.92. The van der Waals surface area contributed by atoms with Gasteiger partial charge < -0.3 is 0 Å². The summed E-state index contributed by atoms with van der Waals surface area (Å²) in [6, 6.07) is 3.09. The fraction of sp³-hybridized carbons (Fsp3) is 0.545. The lowest BCUT2D eigenvalue weighted by molar-refractivity contribution is 0.384. The van der Waals surface area contributed by atoms with Crippen LogP contribution in [0.25, 0.3) is 0 Å². The first-order valence-electron chi connectivity index (χ1n) is 5.22. The van der Waals surface area contributed by atoms with Gasteiger partial charge in [-0.2, -0.15) is 0 Å². The fourth-order valence-corrected chi connectivity index (χ4v) is 1.81. The summed E-state index contributed by atoms with van der Waals surface area (Å²) >= 11 is 6.24. The Kier molecular flexibility index (Phi) is 4.17. The molecule has 0 radical (unpaired) electrons. The number of rotatable bonds is 3. The summed E-state index contributed by atoms with van der Waals surface area (Å²) < 4.78 is 22.1. The van der Waals surface area contributed by atoms with Gasteiger partial charge in [-0.1, -0.05) is 20.8 Å². The Bertz CT molecular complexity index is 477. The van der Waals surface area contributed by atoms with E-state index in [1.54, 1.807) is 6.07 Å². The highest BCUT2D eigenvalue weighted by atomic mass is 35.5. The van der Waals surface area contributed by atoms with Gasteiger partial charge in [-0.3, -0.25) is 4.98 Å². The summed E-state index contributed by atoms with van der Waals surface area (Å²) in [5.41, 5.74) is 0.731. The van der Waals surface area contributed by atoms with E-state index < -0.39 is 10.0 Å². The average molecular weight is 277 g/mol. The second-order valence-corrected chi connectivity index (χ2v) is 7.16. The van der Waals surface area contributed by atoms with Gasteiger partial charge in [0, 0.05) is 23.7 Å². The van der Waals surface area contributed by atoms with Crippen LogP contribution in [0.4, 0.5) is 0 Å². The zero-order chi connectivity index (χ0) is 13.3. The maximum absolute atomic E-state index is 11.0. The van der Waals surface area contributed by atoms with Crippen molar-refractivity contribution in [2.75, 3.05) is 0 Å². The Labute approximate surface area is 107 Å². The molecule has 4 nitrogen and oxygen atoms in total. The third-order valence-corrected chi connectivity index (χ3v) is 4.16. The summed E-state index contributed by atoms with van der Waals surface area (Å²) in [6.07, 6.45) is 1.85. The number of alkyl halides is 1. The van der Waals surface area contributed by atoms with Gasteiger partial charge >= 0.3 is 0 Å². The van der Waals surface area contributed by atoms with Crippen molar-refractivity contribution in [3.63, 3.8) is 0 Å². The van der Waals surface area contributed by atoms with Gasteiger partial charge in [-0.05, 0) is 17.5 Å². The number of hydrogen-bond donors (Lipinski definition) is 1. The SMILES string of the molecule is CC(C)(C)C(Cl)Cc1ccc(S(N)(=O)=O)cn1. The number of pyridine rings is 1. The molecule has 0 aliphatic rings. The molecule has 1 heterocycles. The van der Waals surface area contributed by atoms with Gasteiger partial charge in [0.05, 0.1) is 0 Å². The van der Waals surface area contributed by atoms with Crippen LogP contribution in [0.15, 0.2) is 23.2 Å². The number of aromatic nitrogens is 1. The molecule has 0 saturated heterocycles. The highest BCUT2D eigenvalue weighted by molar-refractivity contribution is 7.89. The van der Waals surface area contributed by atoms with E-state index in [1.165, 1.54) is 12.3 Å². The summed E-state index contributed by atoms with van der Waals surface area (Å²) in [6.45, 7) is 6.14. The number of nitrogens with two attached hydrogens (primary N) is 1. The van der Waals surface area contributed by atoms with Gasteiger partial charge in [-0.15, -0.1) is 11.6 Å². The minimum Gasteiger partial charge on any atom is -0.260 e. The van der Waals surface area contributed by atoms with E-state index in [0.29, 0.717) is 6.42 Å². The molecule has 0 saturated carbocycles. The third-order valence-electron chi connectivity index (χ3n) is 2.45. The maximum Gasteiger partial charge on any atom is 0.239 e. The van der Waals surface area contributed by atoms with Crippen molar-refractivity contribution in [3.05, 3.63) is 24.0 Å². The maximum atomic E-state index is 11.0. The topological polar surface area (TPSA) is 73.1 Å². The lowest BCUT2D eigenvalue weighted by Gasteiger charge is -2.24. The molecule has 1 aromatic heterocycles.